The van der Waals surface area contributed by atoms with Crippen molar-refractivity contribution in [3.63, 3.8) is 0 Å². The van der Waals surface area contributed by atoms with Crippen molar-refractivity contribution in [2.45, 2.75) is 0 Å². The highest BCUT2D eigenvalue weighted by molar-refractivity contribution is 8.18. The molecule has 0 aromatic heterocycles. The maximum absolute atomic E-state index is 12.9. The molecule has 0 unspecified atom stereocenters. The van der Waals surface area contributed by atoms with Crippen molar-refractivity contribution in [3.8, 4) is 0 Å². The van der Waals surface area contributed by atoms with E-state index in [0.717, 1.165) is 11.8 Å². The van der Waals surface area contributed by atoms with E-state index in [4.69, 9.17) is 0 Å². The molecular weight excluding hydrogens is 333 g/mol. The lowest BCUT2D eigenvalue weighted by Crippen LogP contribution is -2.19. The second-order valence-corrected chi connectivity index (χ2v) is 5.84. The molecule has 1 aliphatic heterocycles. The number of non-ortho nitro benzene ring substituents is 1. The standard InChI is InChI=1S/C16H10FN3O3S/c17-11-3-1-10(2-4-11)9-14-15(21)19-16(24-14)18-12-5-7-13(8-6-12)20(22)23/h1-9H,(H,18,19,21)/b14-9-. The number of benzene rings is 2. The number of nitrogens with zero attached hydrogens (tertiary/aromatic N) is 2. The predicted molar refractivity (Wildman–Crippen MR) is 90.3 cm³/mol. The number of thioether (sulfide) groups is 1. The van der Waals surface area contributed by atoms with Crippen LogP contribution in [0, 0.1) is 15.9 Å². The van der Waals surface area contributed by atoms with Gasteiger partial charge < -0.3 is 5.32 Å². The van der Waals surface area contributed by atoms with Gasteiger partial charge in [-0.15, -0.1) is 0 Å². The number of hydrogen-bond acceptors (Lipinski definition) is 5. The lowest BCUT2D eigenvalue weighted by atomic mass is 10.2. The number of amides is 1. The average Bonchev–Trinajstić information content (AvgIpc) is 2.89. The minimum atomic E-state index is -0.493. The number of nitro groups is 1. The number of carbonyl (C=O) groups is 1. The van der Waals surface area contributed by atoms with Gasteiger partial charge in [0.1, 0.15) is 5.82 Å². The molecule has 0 saturated carbocycles. The molecule has 8 heteroatoms. The Kier molecular flexibility index (Phi) is 4.39. The Bertz CT molecular complexity index is 861. The lowest BCUT2D eigenvalue weighted by molar-refractivity contribution is -0.384. The summed E-state index contributed by atoms with van der Waals surface area (Å²) in [6.07, 6.45) is 1.64. The summed E-state index contributed by atoms with van der Waals surface area (Å²) in [6, 6.07) is 11.5. The first-order chi connectivity index (χ1) is 11.5. The summed E-state index contributed by atoms with van der Waals surface area (Å²) in [7, 11) is 0. The molecule has 24 heavy (non-hydrogen) atoms. The molecule has 1 aliphatic rings. The van der Waals surface area contributed by atoms with Crippen molar-refractivity contribution < 1.29 is 14.1 Å². The fourth-order valence-corrected chi connectivity index (χ4v) is 2.80. The molecule has 1 N–H and O–H groups in total. The van der Waals surface area contributed by atoms with E-state index in [0.29, 0.717) is 21.3 Å². The molecule has 1 fully saturated rings. The van der Waals surface area contributed by atoms with E-state index in [9.17, 15) is 19.3 Å². The second kappa shape index (κ2) is 6.63. The van der Waals surface area contributed by atoms with Gasteiger partial charge in [-0.3, -0.25) is 14.9 Å². The van der Waals surface area contributed by atoms with E-state index < -0.39 is 4.92 Å². The first-order valence-corrected chi connectivity index (χ1v) is 7.62. The van der Waals surface area contributed by atoms with Gasteiger partial charge in [-0.05, 0) is 47.7 Å². The van der Waals surface area contributed by atoms with Crippen molar-refractivity contribution in [2.75, 3.05) is 0 Å². The summed E-state index contributed by atoms with van der Waals surface area (Å²) in [6.45, 7) is 0. The van der Waals surface area contributed by atoms with Crippen molar-refractivity contribution in [1.82, 2.24) is 5.32 Å². The van der Waals surface area contributed by atoms with Crippen LogP contribution in [0.15, 0.2) is 58.4 Å². The largest absolute Gasteiger partial charge is 0.300 e. The second-order valence-electron chi connectivity index (χ2n) is 4.81. The third kappa shape index (κ3) is 3.66. The third-order valence-corrected chi connectivity index (χ3v) is 4.02. The average molecular weight is 343 g/mol. The van der Waals surface area contributed by atoms with Crippen LogP contribution in [0.1, 0.15) is 5.56 Å². The monoisotopic (exact) mass is 343 g/mol. The summed E-state index contributed by atoms with van der Waals surface area (Å²) in [4.78, 5) is 26.7. The van der Waals surface area contributed by atoms with Gasteiger partial charge in [0.2, 0.25) is 0 Å². The highest BCUT2D eigenvalue weighted by Crippen LogP contribution is 2.28. The number of carbonyl (C=O) groups excluding carboxylic acids is 1. The Morgan fingerprint density at radius 2 is 1.79 bits per heavy atom. The van der Waals surface area contributed by atoms with Crippen molar-refractivity contribution >= 4 is 40.3 Å². The number of aliphatic imine (C=N–C) groups is 1. The van der Waals surface area contributed by atoms with Gasteiger partial charge in [-0.25, -0.2) is 9.38 Å². The van der Waals surface area contributed by atoms with Crippen LogP contribution < -0.4 is 5.32 Å². The first-order valence-electron chi connectivity index (χ1n) is 6.81. The fourth-order valence-electron chi connectivity index (χ4n) is 1.96. The number of amidine groups is 1. The van der Waals surface area contributed by atoms with Crippen LogP contribution in [0.3, 0.4) is 0 Å². The predicted octanol–water partition coefficient (Wildman–Crippen LogP) is 3.63. The molecule has 1 saturated heterocycles. The number of nitro benzene ring substituents is 1. The molecule has 0 bridgehead atoms. The number of hydrogen-bond donors (Lipinski definition) is 1. The zero-order chi connectivity index (χ0) is 17.1. The molecule has 2 aromatic rings. The topological polar surface area (TPSA) is 84.6 Å². The molecule has 0 atom stereocenters. The highest BCUT2D eigenvalue weighted by Gasteiger charge is 2.23. The highest BCUT2D eigenvalue weighted by atomic mass is 32.2. The van der Waals surface area contributed by atoms with Gasteiger partial charge in [-0.1, -0.05) is 12.1 Å². The van der Waals surface area contributed by atoms with Gasteiger partial charge >= 0.3 is 0 Å². The van der Waals surface area contributed by atoms with Gasteiger partial charge in [0, 0.05) is 12.1 Å². The van der Waals surface area contributed by atoms with Gasteiger partial charge in [0.05, 0.1) is 15.5 Å². The fraction of sp³-hybridized carbons (Fsp3) is 0. The molecule has 1 heterocycles. The van der Waals surface area contributed by atoms with Crippen LogP contribution >= 0.6 is 11.8 Å². The molecular formula is C16H10FN3O3S. The van der Waals surface area contributed by atoms with Gasteiger partial charge in [0.15, 0.2) is 5.17 Å². The summed E-state index contributed by atoms with van der Waals surface area (Å²) in [5.41, 5.74) is 1.16. The van der Waals surface area contributed by atoms with E-state index in [2.05, 4.69) is 10.3 Å². The minimum Gasteiger partial charge on any atom is -0.300 e. The first kappa shape index (κ1) is 15.9. The quantitative estimate of drug-likeness (QED) is 0.524. The Morgan fingerprint density at radius 3 is 2.42 bits per heavy atom. The Labute approximate surface area is 140 Å². The molecule has 3 rings (SSSR count). The molecule has 0 aliphatic carbocycles. The normalized spacial score (nSPS) is 17.3. The smallest absolute Gasteiger partial charge is 0.269 e. The summed E-state index contributed by atoms with van der Waals surface area (Å²) in [5.74, 6) is -0.647. The van der Waals surface area contributed by atoms with Gasteiger partial charge in [-0.2, -0.15) is 0 Å². The van der Waals surface area contributed by atoms with E-state index in [1.54, 1.807) is 18.2 Å². The van der Waals surface area contributed by atoms with Crippen molar-refractivity contribution in [1.29, 1.82) is 0 Å². The number of rotatable bonds is 3. The maximum Gasteiger partial charge on any atom is 0.269 e. The zero-order valence-electron chi connectivity index (χ0n) is 12.1. The summed E-state index contributed by atoms with van der Waals surface area (Å²) in [5, 5.41) is 13.6. The zero-order valence-corrected chi connectivity index (χ0v) is 12.9. The minimum absolute atomic E-state index is 0.0287. The molecule has 6 nitrogen and oxygen atoms in total. The molecule has 0 radical (unpaired) electrons. The molecule has 2 aromatic carbocycles. The van der Waals surface area contributed by atoms with Crippen molar-refractivity contribution in [2.24, 2.45) is 4.99 Å². The van der Waals surface area contributed by atoms with E-state index in [-0.39, 0.29) is 17.4 Å². The molecule has 1 amide bonds. The number of halogens is 1. The van der Waals surface area contributed by atoms with Crippen LogP contribution in [0.25, 0.3) is 6.08 Å². The lowest BCUT2D eigenvalue weighted by Gasteiger charge is -1.96. The third-order valence-electron chi connectivity index (χ3n) is 3.11. The Balaban J connectivity index is 1.78. The van der Waals surface area contributed by atoms with E-state index >= 15 is 0 Å². The van der Waals surface area contributed by atoms with Crippen molar-refractivity contribution in [3.05, 3.63) is 74.9 Å². The Hall–Kier alpha value is -3.00. The van der Waals surface area contributed by atoms with E-state index in [1.165, 1.54) is 36.4 Å². The maximum atomic E-state index is 12.9. The number of nitrogens with one attached hydrogen (secondary N) is 1. The van der Waals surface area contributed by atoms with E-state index in [1.807, 2.05) is 0 Å². The van der Waals surface area contributed by atoms with Gasteiger partial charge in [0.25, 0.3) is 11.6 Å². The molecule has 120 valence electrons. The van der Waals surface area contributed by atoms with Crippen LogP contribution in [0.4, 0.5) is 15.8 Å². The SMILES string of the molecule is O=C1NC(=Nc2ccc([N+](=O)[O-])cc2)S/C1=C\c1ccc(F)cc1. The summed E-state index contributed by atoms with van der Waals surface area (Å²) < 4.78 is 12.9. The summed E-state index contributed by atoms with van der Waals surface area (Å²) >= 11 is 1.15. The van der Waals surface area contributed by atoms with Crippen LogP contribution in [0.5, 0.6) is 0 Å². The van der Waals surface area contributed by atoms with Crippen LogP contribution in [-0.2, 0) is 4.79 Å². The molecule has 0 spiro atoms. The van der Waals surface area contributed by atoms with Crippen LogP contribution in [-0.4, -0.2) is 16.0 Å². The van der Waals surface area contributed by atoms with Crippen LogP contribution in [0.2, 0.25) is 0 Å². The Morgan fingerprint density at radius 1 is 1.12 bits per heavy atom.